The largest absolute Gasteiger partial charge is 0.467 e. The predicted molar refractivity (Wildman–Crippen MR) is 79.6 cm³/mol. The number of aryl methyl sites for hydroxylation is 1. The van der Waals surface area contributed by atoms with Gasteiger partial charge in [-0.2, -0.15) is 0 Å². The maximum atomic E-state index is 12.1. The van der Waals surface area contributed by atoms with Crippen LogP contribution in [0.5, 0.6) is 5.75 Å². The van der Waals surface area contributed by atoms with Crippen LogP contribution in [0.3, 0.4) is 0 Å². The summed E-state index contributed by atoms with van der Waals surface area (Å²) in [4.78, 5) is 25.4. The summed E-state index contributed by atoms with van der Waals surface area (Å²) in [7, 11) is 0. The van der Waals surface area contributed by atoms with Gasteiger partial charge in [-0.15, -0.1) is 0 Å². The number of nitrogens with one attached hydrogen (secondary N) is 1. The number of furan rings is 1. The van der Waals surface area contributed by atoms with Gasteiger partial charge < -0.3 is 19.4 Å². The topological polar surface area (TPSA) is 71.8 Å². The molecule has 1 N–H and O–H groups in total. The molecule has 2 aromatic rings. The summed E-state index contributed by atoms with van der Waals surface area (Å²) in [5.74, 6) is 0.622. The van der Waals surface area contributed by atoms with Crippen molar-refractivity contribution < 1.29 is 18.7 Å². The molecule has 0 unspecified atom stereocenters. The standard InChI is InChI=1S/C16H16N2O4/c1-11-4-5-14-13(7-11)18(10-16(20)22-14)9-15(19)17-8-12-3-2-6-21-12/h2-7H,8-10H2,1H3,(H,17,19). The van der Waals surface area contributed by atoms with Crippen molar-refractivity contribution in [2.45, 2.75) is 13.5 Å². The molecule has 2 heterocycles. The highest BCUT2D eigenvalue weighted by atomic mass is 16.5. The molecular weight excluding hydrogens is 284 g/mol. The number of ether oxygens (including phenoxy) is 1. The van der Waals surface area contributed by atoms with Gasteiger partial charge in [0.1, 0.15) is 12.3 Å². The van der Waals surface area contributed by atoms with E-state index in [1.807, 2.05) is 19.1 Å². The highest BCUT2D eigenvalue weighted by Crippen LogP contribution is 2.32. The molecule has 0 spiro atoms. The zero-order chi connectivity index (χ0) is 15.5. The lowest BCUT2D eigenvalue weighted by Crippen LogP contribution is -2.43. The molecule has 0 atom stereocenters. The fourth-order valence-corrected chi connectivity index (χ4v) is 2.33. The average Bonchev–Trinajstić information content (AvgIpc) is 2.99. The number of benzene rings is 1. The van der Waals surface area contributed by atoms with Gasteiger partial charge in [0.05, 0.1) is 25.0 Å². The van der Waals surface area contributed by atoms with Gasteiger partial charge >= 0.3 is 5.97 Å². The predicted octanol–water partition coefficient (Wildman–Crippen LogP) is 1.63. The Hall–Kier alpha value is -2.76. The summed E-state index contributed by atoms with van der Waals surface area (Å²) in [5.41, 5.74) is 1.80. The van der Waals surface area contributed by atoms with Gasteiger partial charge in [-0.25, -0.2) is 4.79 Å². The van der Waals surface area contributed by atoms with Crippen LogP contribution in [0.2, 0.25) is 0 Å². The van der Waals surface area contributed by atoms with E-state index in [1.165, 1.54) is 0 Å². The van der Waals surface area contributed by atoms with Crippen molar-refractivity contribution in [3.05, 3.63) is 47.9 Å². The summed E-state index contributed by atoms with van der Waals surface area (Å²) < 4.78 is 10.4. The highest BCUT2D eigenvalue weighted by molar-refractivity contribution is 5.89. The van der Waals surface area contributed by atoms with E-state index in [1.54, 1.807) is 29.4 Å². The molecule has 22 heavy (non-hydrogen) atoms. The number of rotatable bonds is 4. The Balaban J connectivity index is 1.68. The van der Waals surface area contributed by atoms with E-state index in [2.05, 4.69) is 5.32 Å². The molecule has 0 aliphatic carbocycles. The third-order valence-electron chi connectivity index (χ3n) is 3.37. The van der Waals surface area contributed by atoms with Gasteiger partial charge in [-0.05, 0) is 36.8 Å². The van der Waals surface area contributed by atoms with Gasteiger partial charge in [-0.3, -0.25) is 4.79 Å². The van der Waals surface area contributed by atoms with Crippen LogP contribution in [0.1, 0.15) is 11.3 Å². The lowest BCUT2D eigenvalue weighted by Gasteiger charge is -2.29. The Labute approximate surface area is 127 Å². The number of nitrogens with zero attached hydrogens (tertiary/aromatic N) is 1. The van der Waals surface area contributed by atoms with E-state index in [-0.39, 0.29) is 25.0 Å². The molecule has 0 saturated heterocycles. The number of esters is 1. The van der Waals surface area contributed by atoms with E-state index in [4.69, 9.17) is 9.15 Å². The van der Waals surface area contributed by atoms with E-state index >= 15 is 0 Å². The van der Waals surface area contributed by atoms with E-state index in [0.29, 0.717) is 18.1 Å². The van der Waals surface area contributed by atoms with Gasteiger partial charge in [0.25, 0.3) is 0 Å². The van der Waals surface area contributed by atoms with Crippen molar-refractivity contribution in [2.75, 3.05) is 18.0 Å². The average molecular weight is 300 g/mol. The first kappa shape index (κ1) is 14.2. The minimum absolute atomic E-state index is 0.0601. The van der Waals surface area contributed by atoms with Gasteiger partial charge in [0.15, 0.2) is 5.75 Å². The van der Waals surface area contributed by atoms with Crippen LogP contribution in [-0.4, -0.2) is 25.0 Å². The second-order valence-corrected chi connectivity index (χ2v) is 5.16. The van der Waals surface area contributed by atoms with Crippen molar-refractivity contribution in [3.8, 4) is 5.75 Å². The Kier molecular flexibility index (Phi) is 3.82. The van der Waals surface area contributed by atoms with Crippen LogP contribution >= 0.6 is 0 Å². The minimum atomic E-state index is -0.366. The Bertz CT molecular complexity index is 694. The molecular formula is C16H16N2O4. The third-order valence-corrected chi connectivity index (χ3v) is 3.37. The number of carbonyl (C=O) groups is 2. The highest BCUT2D eigenvalue weighted by Gasteiger charge is 2.25. The summed E-state index contributed by atoms with van der Waals surface area (Å²) >= 11 is 0. The molecule has 1 aliphatic heterocycles. The first-order chi connectivity index (χ1) is 10.6. The SMILES string of the molecule is Cc1ccc2c(c1)N(CC(=O)NCc1ccco1)CC(=O)O2. The number of hydrogen-bond acceptors (Lipinski definition) is 5. The van der Waals surface area contributed by atoms with Crippen LogP contribution < -0.4 is 15.0 Å². The number of hydrogen-bond donors (Lipinski definition) is 1. The lowest BCUT2D eigenvalue weighted by atomic mass is 10.1. The zero-order valence-corrected chi connectivity index (χ0v) is 12.2. The van der Waals surface area contributed by atoms with Crippen LogP contribution in [0.25, 0.3) is 0 Å². The van der Waals surface area contributed by atoms with Crippen molar-refractivity contribution >= 4 is 17.6 Å². The van der Waals surface area contributed by atoms with E-state index in [0.717, 1.165) is 11.3 Å². The number of carbonyl (C=O) groups excluding carboxylic acids is 2. The third kappa shape index (κ3) is 3.11. The second kappa shape index (κ2) is 5.93. The molecule has 0 saturated carbocycles. The number of amides is 1. The zero-order valence-electron chi connectivity index (χ0n) is 12.2. The van der Waals surface area contributed by atoms with Crippen molar-refractivity contribution in [1.82, 2.24) is 5.32 Å². The van der Waals surface area contributed by atoms with Gasteiger partial charge in [0.2, 0.25) is 5.91 Å². The Morgan fingerprint density at radius 3 is 3.00 bits per heavy atom. The first-order valence-electron chi connectivity index (χ1n) is 6.97. The summed E-state index contributed by atoms with van der Waals surface area (Å²) in [6.45, 7) is 2.42. The van der Waals surface area contributed by atoms with Crippen LogP contribution in [0.4, 0.5) is 5.69 Å². The first-order valence-corrected chi connectivity index (χ1v) is 6.97. The van der Waals surface area contributed by atoms with Crippen molar-refractivity contribution in [3.63, 3.8) is 0 Å². The monoisotopic (exact) mass is 300 g/mol. The maximum absolute atomic E-state index is 12.1. The molecule has 1 aromatic carbocycles. The molecule has 0 fully saturated rings. The van der Waals surface area contributed by atoms with Crippen LogP contribution in [0, 0.1) is 6.92 Å². The Morgan fingerprint density at radius 1 is 1.36 bits per heavy atom. The normalized spacial score (nSPS) is 13.5. The molecule has 1 aromatic heterocycles. The maximum Gasteiger partial charge on any atom is 0.331 e. The number of fused-ring (bicyclic) bond motifs is 1. The van der Waals surface area contributed by atoms with Crippen molar-refractivity contribution in [1.29, 1.82) is 0 Å². The quantitative estimate of drug-likeness (QED) is 0.686. The van der Waals surface area contributed by atoms with Crippen LogP contribution in [0.15, 0.2) is 41.0 Å². The minimum Gasteiger partial charge on any atom is -0.467 e. The van der Waals surface area contributed by atoms with Crippen LogP contribution in [-0.2, 0) is 16.1 Å². The molecule has 0 radical (unpaired) electrons. The van der Waals surface area contributed by atoms with Gasteiger partial charge in [-0.1, -0.05) is 6.07 Å². The molecule has 6 nitrogen and oxygen atoms in total. The molecule has 0 bridgehead atoms. The summed E-state index contributed by atoms with van der Waals surface area (Å²) in [6.07, 6.45) is 1.56. The molecule has 6 heteroatoms. The van der Waals surface area contributed by atoms with Crippen molar-refractivity contribution in [2.24, 2.45) is 0 Å². The number of anilines is 1. The summed E-state index contributed by atoms with van der Waals surface area (Å²) in [6, 6.07) is 9.07. The second-order valence-electron chi connectivity index (χ2n) is 5.16. The van der Waals surface area contributed by atoms with E-state index in [9.17, 15) is 9.59 Å². The smallest absolute Gasteiger partial charge is 0.331 e. The fourth-order valence-electron chi connectivity index (χ4n) is 2.33. The molecule has 1 aliphatic rings. The van der Waals surface area contributed by atoms with Gasteiger partial charge in [0, 0.05) is 0 Å². The molecule has 3 rings (SSSR count). The summed E-state index contributed by atoms with van der Waals surface area (Å²) in [5, 5.41) is 2.77. The molecule has 1 amide bonds. The fraction of sp³-hybridized carbons (Fsp3) is 0.250. The Morgan fingerprint density at radius 2 is 2.23 bits per heavy atom. The lowest BCUT2D eigenvalue weighted by molar-refractivity contribution is -0.133. The van der Waals surface area contributed by atoms with E-state index < -0.39 is 0 Å². The molecule has 114 valence electrons.